The number of benzene rings is 2. The van der Waals surface area contributed by atoms with E-state index in [1.807, 2.05) is 12.1 Å². The van der Waals surface area contributed by atoms with Crippen LogP contribution in [-0.4, -0.2) is 56.4 Å². The van der Waals surface area contributed by atoms with Gasteiger partial charge in [-0.05, 0) is 54.2 Å². The predicted octanol–water partition coefficient (Wildman–Crippen LogP) is 2.18. The molecule has 2 aromatic carbocycles. The number of amides is 3. The van der Waals surface area contributed by atoms with Crippen LogP contribution in [0.15, 0.2) is 58.1 Å². The Morgan fingerprint density at radius 3 is 2.57 bits per heavy atom. The lowest BCUT2D eigenvalue weighted by Crippen LogP contribution is -2.30. The van der Waals surface area contributed by atoms with Crippen LogP contribution >= 0.6 is 0 Å². The smallest absolute Gasteiger partial charge is 0.347 e. The molecule has 2 aromatic heterocycles. The maximum Gasteiger partial charge on any atom is 0.442 e. The summed E-state index contributed by atoms with van der Waals surface area (Å²) >= 11 is 0. The summed E-state index contributed by atoms with van der Waals surface area (Å²) in [6.07, 6.45) is 2.44. The molecular formula is C29H28FN7O5. The molecule has 5 rings (SSSR count). The minimum atomic E-state index is -0.728. The van der Waals surface area contributed by atoms with Gasteiger partial charge in [-0.2, -0.15) is 0 Å². The van der Waals surface area contributed by atoms with Crippen LogP contribution in [0.5, 0.6) is 0 Å². The first kappa shape index (κ1) is 28.3. The topological polar surface area (TPSA) is 152 Å². The first-order valence-corrected chi connectivity index (χ1v) is 13.2. The zero-order valence-electron chi connectivity index (χ0n) is 23.2. The molecule has 0 saturated heterocycles. The van der Waals surface area contributed by atoms with E-state index in [0.717, 1.165) is 23.0 Å². The summed E-state index contributed by atoms with van der Waals surface area (Å²) in [6, 6.07) is 11.1. The van der Waals surface area contributed by atoms with Gasteiger partial charge in [0.1, 0.15) is 30.1 Å². The maximum absolute atomic E-state index is 13.5. The Bertz CT molecular complexity index is 1750. The molecule has 2 heterocycles. The van der Waals surface area contributed by atoms with E-state index in [-0.39, 0.29) is 48.1 Å². The second-order valence-corrected chi connectivity index (χ2v) is 10.2. The number of likely N-dealkylation sites (N-methyl/N-ethyl adjacent to an activating group) is 1. The molecule has 42 heavy (non-hydrogen) atoms. The number of aryl methyl sites for hydroxylation is 2. The molecule has 0 spiro atoms. The molecule has 0 bridgehead atoms. The summed E-state index contributed by atoms with van der Waals surface area (Å²) in [6.45, 7) is 1.61. The second-order valence-electron chi connectivity index (χ2n) is 10.2. The number of carbonyl (C=O) groups is 3. The van der Waals surface area contributed by atoms with Gasteiger partial charge in [0.05, 0.1) is 6.04 Å². The van der Waals surface area contributed by atoms with E-state index in [2.05, 4.69) is 25.8 Å². The lowest BCUT2D eigenvalue weighted by Gasteiger charge is -2.15. The highest BCUT2D eigenvalue weighted by Crippen LogP contribution is 2.34. The average molecular weight is 574 g/mol. The zero-order chi connectivity index (χ0) is 30.0. The minimum absolute atomic E-state index is 0.0249. The number of aromatic nitrogens is 4. The Balaban J connectivity index is 1.26. The van der Waals surface area contributed by atoms with Crippen molar-refractivity contribution in [3.8, 4) is 11.4 Å². The molecule has 216 valence electrons. The monoisotopic (exact) mass is 573 g/mol. The van der Waals surface area contributed by atoms with Gasteiger partial charge in [0.25, 0.3) is 11.8 Å². The van der Waals surface area contributed by atoms with Crippen LogP contribution in [0, 0.1) is 12.7 Å². The number of nitrogens with one attached hydrogen (secondary N) is 2. The molecule has 0 aliphatic heterocycles. The first-order valence-electron chi connectivity index (χ1n) is 13.2. The molecule has 12 nitrogen and oxygen atoms in total. The van der Waals surface area contributed by atoms with E-state index >= 15 is 0 Å². The molecule has 13 heteroatoms. The molecular weight excluding hydrogens is 545 g/mol. The number of hydrogen-bond donors (Lipinski definition) is 2. The summed E-state index contributed by atoms with van der Waals surface area (Å²) in [5, 5.41) is 9.54. The fourth-order valence-electron chi connectivity index (χ4n) is 4.73. The highest BCUT2D eigenvalue weighted by Gasteiger charge is 2.27. The third-order valence-corrected chi connectivity index (χ3v) is 7.07. The number of halogens is 1. The highest BCUT2D eigenvalue weighted by atomic mass is 19.1. The summed E-state index contributed by atoms with van der Waals surface area (Å²) in [5.41, 5.74) is 3.73. The molecule has 0 fully saturated rings. The third-order valence-electron chi connectivity index (χ3n) is 7.07. The summed E-state index contributed by atoms with van der Waals surface area (Å²) in [7, 11) is 3.19. The summed E-state index contributed by atoms with van der Waals surface area (Å²) in [4.78, 5) is 59.5. The molecule has 0 saturated carbocycles. The average Bonchev–Trinajstić information content (AvgIpc) is 3.55. The lowest BCUT2D eigenvalue weighted by atomic mass is 10.0. The second kappa shape index (κ2) is 11.7. The van der Waals surface area contributed by atoms with Crippen LogP contribution in [0.25, 0.3) is 11.4 Å². The van der Waals surface area contributed by atoms with E-state index in [4.69, 9.17) is 4.52 Å². The van der Waals surface area contributed by atoms with Gasteiger partial charge >= 0.3 is 5.76 Å². The Kier molecular flexibility index (Phi) is 7.91. The van der Waals surface area contributed by atoms with Crippen LogP contribution in [-0.2, 0) is 24.3 Å². The Morgan fingerprint density at radius 2 is 1.83 bits per heavy atom. The van der Waals surface area contributed by atoms with Crippen LogP contribution in [0.4, 0.5) is 4.39 Å². The quantitative estimate of drug-likeness (QED) is 0.325. The predicted molar refractivity (Wildman–Crippen MR) is 148 cm³/mol. The molecule has 0 radical (unpaired) electrons. The summed E-state index contributed by atoms with van der Waals surface area (Å²) < 4.78 is 19.5. The van der Waals surface area contributed by atoms with Crippen molar-refractivity contribution in [1.29, 1.82) is 0 Å². The van der Waals surface area contributed by atoms with Crippen molar-refractivity contribution in [2.45, 2.75) is 38.9 Å². The van der Waals surface area contributed by atoms with Crippen molar-refractivity contribution in [1.82, 2.24) is 35.2 Å². The number of fused-ring (bicyclic) bond motifs is 1. The number of rotatable bonds is 8. The number of hydrogen-bond acceptors (Lipinski definition) is 8. The minimum Gasteiger partial charge on any atom is -0.347 e. The van der Waals surface area contributed by atoms with Gasteiger partial charge in [-0.15, -0.1) is 0 Å². The van der Waals surface area contributed by atoms with E-state index in [9.17, 15) is 23.6 Å². The lowest BCUT2D eigenvalue weighted by molar-refractivity contribution is -0.129. The van der Waals surface area contributed by atoms with Crippen molar-refractivity contribution in [2.75, 3.05) is 14.1 Å². The van der Waals surface area contributed by atoms with Crippen LogP contribution < -0.4 is 16.4 Å². The van der Waals surface area contributed by atoms with Gasteiger partial charge in [-0.25, -0.2) is 23.7 Å². The first-order chi connectivity index (χ1) is 20.1. The largest absolute Gasteiger partial charge is 0.442 e. The SMILES string of the molecule is Cc1cc(CNC(=O)c2cc(C(=O)N[C@H]3CCc4cc(-c5noc(=O)n5CC(=O)N(C)C)ccc43)ncn2)ccc1F. The van der Waals surface area contributed by atoms with Gasteiger partial charge in [0.15, 0.2) is 5.82 Å². The molecule has 1 aliphatic rings. The van der Waals surface area contributed by atoms with Gasteiger partial charge in [0, 0.05) is 32.3 Å². The molecule has 3 amide bonds. The fourth-order valence-corrected chi connectivity index (χ4v) is 4.73. The standard InChI is InChI=1S/C29H28FN7O5/c1-16-10-17(4-8-21(16)30)13-31-27(39)23-12-24(33-15-32-23)28(40)34-22-9-6-18-11-19(5-7-20(18)22)26-35-42-29(41)37(26)14-25(38)36(2)3/h4-5,7-8,10-12,15,22H,6,9,13-14H2,1-3H3,(H,31,39)(H,34,40)/t22-/m0/s1. The molecule has 0 unspecified atom stereocenters. The van der Waals surface area contributed by atoms with Crippen molar-refractivity contribution in [3.63, 3.8) is 0 Å². The Morgan fingerprint density at radius 1 is 1.07 bits per heavy atom. The van der Waals surface area contributed by atoms with Gasteiger partial charge < -0.3 is 15.5 Å². The van der Waals surface area contributed by atoms with Gasteiger partial charge in [-0.3, -0.25) is 18.9 Å². The zero-order valence-corrected chi connectivity index (χ0v) is 23.2. The highest BCUT2D eigenvalue weighted by molar-refractivity contribution is 5.97. The molecule has 4 aromatic rings. The van der Waals surface area contributed by atoms with Gasteiger partial charge in [0.2, 0.25) is 5.91 Å². The van der Waals surface area contributed by atoms with E-state index in [1.165, 1.54) is 21.6 Å². The summed E-state index contributed by atoms with van der Waals surface area (Å²) in [5.74, 6) is -2.04. The molecule has 2 N–H and O–H groups in total. The number of nitrogens with zero attached hydrogens (tertiary/aromatic N) is 5. The van der Waals surface area contributed by atoms with Crippen LogP contribution in [0.2, 0.25) is 0 Å². The maximum atomic E-state index is 13.5. The number of carbonyl (C=O) groups excluding carboxylic acids is 3. The van der Waals surface area contributed by atoms with Gasteiger partial charge in [-0.1, -0.05) is 29.4 Å². The molecule has 1 atom stereocenters. The Hall–Kier alpha value is -5.20. The fraction of sp³-hybridized carbons (Fsp3) is 0.276. The Labute approximate surface area is 239 Å². The van der Waals surface area contributed by atoms with Crippen molar-refractivity contribution < 1.29 is 23.3 Å². The van der Waals surface area contributed by atoms with E-state index in [1.54, 1.807) is 39.2 Å². The van der Waals surface area contributed by atoms with Crippen molar-refractivity contribution >= 4 is 17.7 Å². The van der Waals surface area contributed by atoms with Crippen molar-refractivity contribution in [3.05, 3.63) is 98.8 Å². The normalized spacial score (nSPS) is 13.9. The molecule has 1 aliphatic carbocycles. The van der Waals surface area contributed by atoms with Crippen LogP contribution in [0.1, 0.15) is 55.7 Å². The van der Waals surface area contributed by atoms with Crippen LogP contribution in [0.3, 0.4) is 0 Å². The third kappa shape index (κ3) is 5.94. The van der Waals surface area contributed by atoms with E-state index in [0.29, 0.717) is 24.0 Å². The van der Waals surface area contributed by atoms with Crippen molar-refractivity contribution in [2.24, 2.45) is 0 Å². The van der Waals surface area contributed by atoms with E-state index < -0.39 is 17.6 Å².